The average Bonchev–Trinajstić information content (AvgIpc) is 2.50. The average molecular weight is 276 g/mol. The second kappa shape index (κ2) is 9.02. The summed E-state index contributed by atoms with van der Waals surface area (Å²) in [5.41, 5.74) is 0.206. The van der Waals surface area contributed by atoms with Gasteiger partial charge in [-0.05, 0) is 6.42 Å². The van der Waals surface area contributed by atoms with E-state index in [1.165, 1.54) is 12.1 Å². The van der Waals surface area contributed by atoms with Gasteiger partial charge in [0.15, 0.2) is 0 Å². The van der Waals surface area contributed by atoms with Crippen molar-refractivity contribution in [2.24, 2.45) is 0 Å². The first-order valence-electron chi connectivity index (χ1n) is 6.97. The Labute approximate surface area is 119 Å². The molecule has 0 unspecified atom stereocenters. The molecule has 0 aliphatic heterocycles. The van der Waals surface area contributed by atoms with E-state index in [-0.39, 0.29) is 12.2 Å². The third-order valence-electron chi connectivity index (χ3n) is 2.91. The molecule has 20 heavy (non-hydrogen) atoms. The summed E-state index contributed by atoms with van der Waals surface area (Å²) in [7, 11) is 0. The lowest BCUT2D eigenvalue weighted by molar-refractivity contribution is -0.151. The van der Waals surface area contributed by atoms with Gasteiger partial charge >= 0.3 is 11.8 Å². The Hall–Kier alpha value is -1.97. The SMILES string of the molecule is CCCCCCCOC(=O)C(=O)C(=O)c1ccccc1. The Morgan fingerprint density at radius 2 is 1.60 bits per heavy atom. The fourth-order valence-corrected chi connectivity index (χ4v) is 1.75. The van der Waals surface area contributed by atoms with E-state index in [0.29, 0.717) is 0 Å². The molecule has 0 spiro atoms. The van der Waals surface area contributed by atoms with Gasteiger partial charge in [-0.3, -0.25) is 9.59 Å². The number of hydrogen-bond donors (Lipinski definition) is 0. The van der Waals surface area contributed by atoms with E-state index in [9.17, 15) is 14.4 Å². The number of carbonyl (C=O) groups is 3. The van der Waals surface area contributed by atoms with Crippen molar-refractivity contribution < 1.29 is 19.1 Å². The van der Waals surface area contributed by atoms with Crippen molar-refractivity contribution >= 4 is 17.5 Å². The minimum absolute atomic E-state index is 0.191. The molecule has 0 aromatic heterocycles. The highest BCUT2D eigenvalue weighted by Crippen LogP contribution is 2.04. The van der Waals surface area contributed by atoms with Gasteiger partial charge in [-0.25, -0.2) is 4.79 Å². The lowest BCUT2D eigenvalue weighted by Crippen LogP contribution is -2.26. The van der Waals surface area contributed by atoms with Gasteiger partial charge in [0, 0.05) is 5.56 Å². The molecule has 0 aliphatic rings. The maximum atomic E-state index is 11.7. The van der Waals surface area contributed by atoms with Crippen LogP contribution in [0.2, 0.25) is 0 Å². The largest absolute Gasteiger partial charge is 0.460 e. The molecule has 1 aromatic rings. The molecule has 0 atom stereocenters. The number of ketones is 2. The van der Waals surface area contributed by atoms with Gasteiger partial charge < -0.3 is 4.74 Å². The maximum Gasteiger partial charge on any atom is 0.383 e. The Kier molecular flexibility index (Phi) is 7.25. The fraction of sp³-hybridized carbons (Fsp3) is 0.438. The summed E-state index contributed by atoms with van der Waals surface area (Å²) in [5.74, 6) is -2.99. The third kappa shape index (κ3) is 5.34. The van der Waals surface area contributed by atoms with Crippen molar-refractivity contribution in [2.75, 3.05) is 6.61 Å². The summed E-state index contributed by atoms with van der Waals surface area (Å²) < 4.78 is 4.82. The molecule has 4 heteroatoms. The fourth-order valence-electron chi connectivity index (χ4n) is 1.75. The van der Waals surface area contributed by atoms with Crippen LogP contribution < -0.4 is 0 Å². The summed E-state index contributed by atoms with van der Waals surface area (Å²) in [6.45, 7) is 2.31. The first kappa shape index (κ1) is 16.1. The number of ether oxygens (including phenoxy) is 1. The Morgan fingerprint density at radius 3 is 2.25 bits per heavy atom. The van der Waals surface area contributed by atoms with E-state index in [4.69, 9.17) is 4.74 Å². The van der Waals surface area contributed by atoms with Crippen LogP contribution in [0, 0.1) is 0 Å². The van der Waals surface area contributed by atoms with Crippen molar-refractivity contribution in [3.8, 4) is 0 Å². The highest BCUT2D eigenvalue weighted by atomic mass is 16.5. The lowest BCUT2D eigenvalue weighted by atomic mass is 10.1. The number of benzene rings is 1. The molecule has 0 amide bonds. The van der Waals surface area contributed by atoms with Crippen LogP contribution in [0.4, 0.5) is 0 Å². The van der Waals surface area contributed by atoms with Crippen LogP contribution in [-0.4, -0.2) is 24.1 Å². The normalized spacial score (nSPS) is 10.1. The number of carbonyl (C=O) groups excluding carboxylic acids is 3. The van der Waals surface area contributed by atoms with E-state index < -0.39 is 17.5 Å². The summed E-state index contributed by atoms with van der Waals surface area (Å²) in [6.07, 6.45) is 5.06. The third-order valence-corrected chi connectivity index (χ3v) is 2.91. The predicted octanol–water partition coefficient (Wildman–Crippen LogP) is 2.95. The first-order valence-corrected chi connectivity index (χ1v) is 6.97. The molecule has 0 saturated carbocycles. The lowest BCUT2D eigenvalue weighted by Gasteiger charge is -2.03. The summed E-state index contributed by atoms with van der Waals surface area (Å²) in [5, 5.41) is 0. The molecular formula is C16H20O4. The molecule has 0 aliphatic carbocycles. The van der Waals surface area contributed by atoms with E-state index in [2.05, 4.69) is 6.92 Å². The van der Waals surface area contributed by atoms with E-state index in [1.807, 2.05) is 0 Å². The highest BCUT2D eigenvalue weighted by Gasteiger charge is 2.25. The standard InChI is InChI=1S/C16H20O4/c1-2-3-4-5-9-12-20-16(19)15(18)14(17)13-10-7-6-8-11-13/h6-8,10-11H,2-5,9,12H2,1H3. The number of rotatable bonds is 9. The Bertz CT molecular complexity index is 451. The van der Waals surface area contributed by atoms with Gasteiger partial charge in [0.05, 0.1) is 6.61 Å². The maximum absolute atomic E-state index is 11.7. The smallest absolute Gasteiger partial charge is 0.383 e. The minimum atomic E-state index is -1.11. The van der Waals surface area contributed by atoms with Crippen LogP contribution in [0.25, 0.3) is 0 Å². The number of hydrogen-bond acceptors (Lipinski definition) is 4. The zero-order valence-corrected chi connectivity index (χ0v) is 11.8. The van der Waals surface area contributed by atoms with Gasteiger partial charge in [0.2, 0.25) is 5.78 Å². The Morgan fingerprint density at radius 1 is 0.950 bits per heavy atom. The van der Waals surface area contributed by atoms with E-state index in [1.54, 1.807) is 18.2 Å². The molecule has 0 fully saturated rings. The molecule has 108 valence electrons. The monoisotopic (exact) mass is 276 g/mol. The molecule has 0 saturated heterocycles. The molecule has 1 aromatic carbocycles. The number of unbranched alkanes of at least 4 members (excludes halogenated alkanes) is 4. The van der Waals surface area contributed by atoms with Crippen molar-refractivity contribution in [1.29, 1.82) is 0 Å². The van der Waals surface area contributed by atoms with E-state index >= 15 is 0 Å². The second-order valence-electron chi connectivity index (χ2n) is 4.57. The van der Waals surface area contributed by atoms with Crippen molar-refractivity contribution in [1.82, 2.24) is 0 Å². The minimum Gasteiger partial charge on any atom is -0.460 e. The van der Waals surface area contributed by atoms with Crippen LogP contribution in [0.15, 0.2) is 30.3 Å². The van der Waals surface area contributed by atoms with Crippen molar-refractivity contribution in [3.63, 3.8) is 0 Å². The molecule has 0 N–H and O–H groups in total. The van der Waals surface area contributed by atoms with Gasteiger partial charge in [-0.15, -0.1) is 0 Å². The van der Waals surface area contributed by atoms with Crippen LogP contribution in [0.1, 0.15) is 49.4 Å². The zero-order chi connectivity index (χ0) is 14.8. The summed E-state index contributed by atoms with van der Waals surface area (Å²) in [6, 6.07) is 8.01. The summed E-state index contributed by atoms with van der Waals surface area (Å²) >= 11 is 0. The quantitative estimate of drug-likeness (QED) is 0.229. The predicted molar refractivity (Wildman–Crippen MR) is 75.5 cm³/mol. The molecule has 0 heterocycles. The summed E-state index contributed by atoms with van der Waals surface area (Å²) in [4.78, 5) is 34.7. The second-order valence-corrected chi connectivity index (χ2v) is 4.57. The highest BCUT2D eigenvalue weighted by molar-refractivity contribution is 6.65. The van der Waals surface area contributed by atoms with Crippen LogP contribution in [0.3, 0.4) is 0 Å². The van der Waals surface area contributed by atoms with Crippen LogP contribution in [0.5, 0.6) is 0 Å². The number of Topliss-reactive ketones (excluding diaryl/α,β-unsaturated/α-hetero) is 2. The molecule has 0 bridgehead atoms. The van der Waals surface area contributed by atoms with Crippen LogP contribution >= 0.6 is 0 Å². The Balaban J connectivity index is 2.33. The van der Waals surface area contributed by atoms with Gasteiger partial charge in [-0.2, -0.15) is 0 Å². The molecule has 4 nitrogen and oxygen atoms in total. The molecule has 0 radical (unpaired) electrons. The molecular weight excluding hydrogens is 256 g/mol. The first-order chi connectivity index (χ1) is 9.66. The van der Waals surface area contributed by atoms with Crippen molar-refractivity contribution in [3.05, 3.63) is 35.9 Å². The molecule has 1 rings (SSSR count). The van der Waals surface area contributed by atoms with Gasteiger partial charge in [0.25, 0.3) is 0 Å². The van der Waals surface area contributed by atoms with Crippen molar-refractivity contribution in [2.45, 2.75) is 39.0 Å². The zero-order valence-electron chi connectivity index (χ0n) is 11.8. The number of esters is 1. The van der Waals surface area contributed by atoms with Crippen LogP contribution in [-0.2, 0) is 14.3 Å². The topological polar surface area (TPSA) is 60.4 Å². The van der Waals surface area contributed by atoms with E-state index in [0.717, 1.165) is 32.1 Å². The van der Waals surface area contributed by atoms with Gasteiger partial charge in [-0.1, -0.05) is 62.9 Å². The van der Waals surface area contributed by atoms with Gasteiger partial charge in [0.1, 0.15) is 0 Å².